The van der Waals surface area contributed by atoms with Crippen LogP contribution in [0.1, 0.15) is 11.1 Å². The quantitative estimate of drug-likeness (QED) is 0.916. The Kier molecular flexibility index (Phi) is 3.32. The third-order valence-electron chi connectivity index (χ3n) is 2.44. The van der Waals surface area contributed by atoms with Gasteiger partial charge in [-0.2, -0.15) is 18.3 Å². The lowest BCUT2D eigenvalue weighted by molar-refractivity contribution is -0.137. The number of rotatable bonds is 2. The van der Waals surface area contributed by atoms with Crippen molar-refractivity contribution in [1.82, 2.24) is 9.78 Å². The van der Waals surface area contributed by atoms with Crippen molar-refractivity contribution in [3.8, 4) is 5.69 Å². The van der Waals surface area contributed by atoms with Gasteiger partial charge in [0.2, 0.25) is 0 Å². The average Bonchev–Trinajstić information content (AvgIpc) is 2.69. The van der Waals surface area contributed by atoms with Gasteiger partial charge in [-0.25, -0.2) is 4.68 Å². The van der Waals surface area contributed by atoms with Crippen LogP contribution in [0.25, 0.3) is 5.69 Å². The first-order valence-corrected chi connectivity index (χ1v) is 5.41. The number of alkyl halides is 3. The van der Waals surface area contributed by atoms with Crippen molar-refractivity contribution < 1.29 is 13.2 Å². The number of hydrogen-bond donors (Lipinski definition) is 1. The Bertz CT molecular complexity index is 546. The molecule has 2 aromatic rings. The molecule has 0 saturated carbocycles. The first kappa shape index (κ1) is 12.9. The van der Waals surface area contributed by atoms with Gasteiger partial charge >= 0.3 is 6.18 Å². The highest BCUT2D eigenvalue weighted by Crippen LogP contribution is 2.30. The van der Waals surface area contributed by atoms with Crippen LogP contribution in [0.2, 0.25) is 5.15 Å². The fourth-order valence-electron chi connectivity index (χ4n) is 1.48. The summed E-state index contributed by atoms with van der Waals surface area (Å²) >= 11 is 5.99. The zero-order valence-electron chi connectivity index (χ0n) is 9.08. The Balaban J connectivity index is 2.37. The molecule has 1 heterocycles. The largest absolute Gasteiger partial charge is 0.416 e. The van der Waals surface area contributed by atoms with Gasteiger partial charge in [0.25, 0.3) is 0 Å². The molecular weight excluding hydrogens is 267 g/mol. The van der Waals surface area contributed by atoms with E-state index in [2.05, 4.69) is 5.10 Å². The number of nitrogens with two attached hydrogens (primary N) is 1. The highest BCUT2D eigenvalue weighted by atomic mass is 35.5. The molecule has 7 heteroatoms. The summed E-state index contributed by atoms with van der Waals surface area (Å²) in [5.74, 6) is 0. The van der Waals surface area contributed by atoms with Crippen molar-refractivity contribution in [2.24, 2.45) is 5.73 Å². The number of hydrogen-bond acceptors (Lipinski definition) is 2. The summed E-state index contributed by atoms with van der Waals surface area (Å²) in [6.07, 6.45) is -2.87. The maximum Gasteiger partial charge on any atom is 0.416 e. The van der Waals surface area contributed by atoms with Crippen LogP contribution < -0.4 is 5.73 Å². The summed E-state index contributed by atoms with van der Waals surface area (Å²) in [7, 11) is 0. The zero-order chi connectivity index (χ0) is 13.3. The molecule has 1 aromatic heterocycles. The Morgan fingerprint density at radius 2 is 1.83 bits per heavy atom. The normalized spacial score (nSPS) is 11.8. The maximum atomic E-state index is 12.4. The molecule has 2 rings (SSSR count). The van der Waals surface area contributed by atoms with Crippen LogP contribution >= 0.6 is 11.6 Å². The van der Waals surface area contributed by atoms with Crippen LogP contribution in [-0.2, 0) is 12.7 Å². The van der Waals surface area contributed by atoms with Crippen molar-refractivity contribution in [2.75, 3.05) is 0 Å². The van der Waals surface area contributed by atoms with E-state index in [4.69, 9.17) is 17.3 Å². The first-order chi connectivity index (χ1) is 8.43. The standard InChI is InChI=1S/C11H9ClF3N3/c12-10-7(5-16)6-17-18(10)9-3-1-8(2-4-9)11(13,14)15/h1-4,6H,5,16H2. The predicted molar refractivity (Wildman–Crippen MR) is 61.5 cm³/mol. The Morgan fingerprint density at radius 1 is 1.22 bits per heavy atom. The van der Waals surface area contributed by atoms with E-state index >= 15 is 0 Å². The number of aromatic nitrogens is 2. The summed E-state index contributed by atoms with van der Waals surface area (Å²) in [4.78, 5) is 0. The van der Waals surface area contributed by atoms with Crippen molar-refractivity contribution in [3.05, 3.63) is 46.7 Å². The lowest BCUT2D eigenvalue weighted by Crippen LogP contribution is -2.05. The Labute approximate surface area is 106 Å². The van der Waals surface area contributed by atoms with Gasteiger partial charge in [0.05, 0.1) is 17.4 Å². The van der Waals surface area contributed by atoms with Gasteiger partial charge in [0, 0.05) is 12.1 Å². The molecule has 18 heavy (non-hydrogen) atoms. The Morgan fingerprint density at radius 3 is 2.28 bits per heavy atom. The minimum atomic E-state index is -4.35. The summed E-state index contributed by atoms with van der Waals surface area (Å²) in [5, 5.41) is 4.28. The molecule has 0 amide bonds. The predicted octanol–water partition coefficient (Wildman–Crippen LogP) is 3.00. The van der Waals surface area contributed by atoms with Gasteiger partial charge < -0.3 is 5.73 Å². The molecule has 3 nitrogen and oxygen atoms in total. The van der Waals surface area contributed by atoms with E-state index in [0.717, 1.165) is 12.1 Å². The molecule has 0 aliphatic heterocycles. The molecule has 96 valence electrons. The topological polar surface area (TPSA) is 43.8 Å². The summed E-state index contributed by atoms with van der Waals surface area (Å²) < 4.78 is 38.5. The molecule has 0 unspecified atom stereocenters. The highest BCUT2D eigenvalue weighted by molar-refractivity contribution is 6.30. The smallest absolute Gasteiger partial charge is 0.326 e. The molecule has 0 saturated heterocycles. The molecule has 0 fully saturated rings. The van der Waals surface area contributed by atoms with Gasteiger partial charge in [-0.15, -0.1) is 0 Å². The molecule has 0 aliphatic rings. The maximum absolute atomic E-state index is 12.4. The SMILES string of the molecule is NCc1cnn(-c2ccc(C(F)(F)F)cc2)c1Cl. The van der Waals surface area contributed by atoms with Gasteiger partial charge in [-0.05, 0) is 24.3 Å². The summed E-state index contributed by atoms with van der Waals surface area (Å²) in [5.41, 5.74) is 5.81. The first-order valence-electron chi connectivity index (χ1n) is 5.03. The van der Waals surface area contributed by atoms with Gasteiger partial charge in [-0.3, -0.25) is 0 Å². The van der Waals surface area contributed by atoms with E-state index in [1.54, 1.807) is 0 Å². The van der Waals surface area contributed by atoms with Crippen LogP contribution in [-0.4, -0.2) is 9.78 Å². The van der Waals surface area contributed by atoms with Crippen LogP contribution in [0.4, 0.5) is 13.2 Å². The zero-order valence-corrected chi connectivity index (χ0v) is 9.83. The third-order valence-corrected chi connectivity index (χ3v) is 2.84. The molecule has 1 aromatic carbocycles. The fourth-order valence-corrected chi connectivity index (χ4v) is 1.74. The minimum absolute atomic E-state index is 0.222. The second-order valence-corrected chi connectivity index (χ2v) is 3.98. The summed E-state index contributed by atoms with van der Waals surface area (Å²) in [6, 6.07) is 4.58. The monoisotopic (exact) mass is 275 g/mol. The lowest BCUT2D eigenvalue weighted by atomic mass is 10.2. The van der Waals surface area contributed by atoms with E-state index in [1.807, 2.05) is 0 Å². The van der Waals surface area contributed by atoms with Crippen LogP contribution in [0.3, 0.4) is 0 Å². The number of nitrogens with zero attached hydrogens (tertiary/aromatic N) is 2. The Hall–Kier alpha value is -1.53. The van der Waals surface area contributed by atoms with Crippen molar-refractivity contribution in [1.29, 1.82) is 0 Å². The molecule has 0 bridgehead atoms. The van der Waals surface area contributed by atoms with Crippen LogP contribution in [0.15, 0.2) is 30.5 Å². The van der Waals surface area contributed by atoms with Gasteiger partial charge in [0.15, 0.2) is 0 Å². The van der Waals surface area contributed by atoms with Crippen molar-refractivity contribution in [2.45, 2.75) is 12.7 Å². The molecule has 0 atom stereocenters. The fraction of sp³-hybridized carbons (Fsp3) is 0.182. The van der Waals surface area contributed by atoms with Gasteiger partial charge in [0.1, 0.15) is 5.15 Å². The van der Waals surface area contributed by atoms with Crippen molar-refractivity contribution >= 4 is 11.6 Å². The van der Waals surface area contributed by atoms with E-state index in [1.165, 1.54) is 23.0 Å². The molecule has 2 N–H and O–H groups in total. The van der Waals surface area contributed by atoms with Crippen molar-refractivity contribution in [3.63, 3.8) is 0 Å². The molecule has 0 radical (unpaired) electrons. The van der Waals surface area contributed by atoms with E-state index in [9.17, 15) is 13.2 Å². The van der Waals surface area contributed by atoms with E-state index in [-0.39, 0.29) is 6.54 Å². The van der Waals surface area contributed by atoms with Crippen LogP contribution in [0.5, 0.6) is 0 Å². The minimum Gasteiger partial charge on any atom is -0.326 e. The third kappa shape index (κ3) is 2.34. The number of halogens is 4. The highest BCUT2D eigenvalue weighted by Gasteiger charge is 2.30. The van der Waals surface area contributed by atoms with Crippen LogP contribution in [0, 0.1) is 0 Å². The second kappa shape index (κ2) is 4.62. The number of benzene rings is 1. The molecule has 0 aliphatic carbocycles. The van der Waals surface area contributed by atoms with E-state index < -0.39 is 11.7 Å². The second-order valence-electron chi connectivity index (χ2n) is 3.62. The lowest BCUT2D eigenvalue weighted by Gasteiger charge is -2.08. The van der Waals surface area contributed by atoms with Gasteiger partial charge in [-0.1, -0.05) is 11.6 Å². The molecule has 0 spiro atoms. The molecular formula is C11H9ClF3N3. The average molecular weight is 276 g/mol. The summed E-state index contributed by atoms with van der Waals surface area (Å²) in [6.45, 7) is 0.222. The van der Waals surface area contributed by atoms with E-state index in [0.29, 0.717) is 16.4 Å².